The van der Waals surface area contributed by atoms with E-state index in [4.69, 9.17) is 9.47 Å². The highest BCUT2D eigenvalue weighted by Crippen LogP contribution is 2.75. The summed E-state index contributed by atoms with van der Waals surface area (Å²) >= 11 is 0. The average Bonchev–Trinajstić information content (AvgIpc) is 2.80. The normalized spacial score (nSPS) is 46.9. The van der Waals surface area contributed by atoms with Gasteiger partial charge in [0.25, 0.3) is 0 Å². The van der Waals surface area contributed by atoms with Crippen LogP contribution in [0.4, 0.5) is 0 Å². The predicted octanol–water partition coefficient (Wildman–Crippen LogP) is 7.07. The molecule has 0 bridgehead atoms. The molecule has 0 radical (unpaired) electrons. The number of allylic oxidation sites excluding steroid dienone is 2. The van der Waals surface area contributed by atoms with E-state index in [-0.39, 0.29) is 51.5 Å². The van der Waals surface area contributed by atoms with Crippen molar-refractivity contribution in [2.45, 2.75) is 119 Å². The zero-order valence-corrected chi connectivity index (χ0v) is 25.3. The van der Waals surface area contributed by atoms with Crippen molar-refractivity contribution in [3.63, 3.8) is 0 Å². The van der Waals surface area contributed by atoms with Gasteiger partial charge in [0.2, 0.25) is 0 Å². The van der Waals surface area contributed by atoms with Gasteiger partial charge in [0.15, 0.2) is 0 Å². The summed E-state index contributed by atoms with van der Waals surface area (Å²) in [5.74, 6) is 0.452. The standard InChI is InChI=1S/C33H50O5/c1-20(34)38-25-12-13-30(6)24-11-10-21-22-18-28(2,3)14-16-33(22,27(36)37-9)17-15-31(21,7)32(24,8)19-23(35)26(30)29(25,4)5/h10,22,24-26H,11-19H2,1-9H3/t22-,24+,25-,26-,30+,31+,32+,33-/m0/s1. The number of methoxy groups -OCH3 is 1. The second-order valence-electron chi connectivity index (χ2n) is 15.8. The van der Waals surface area contributed by atoms with Crippen molar-refractivity contribution >= 4 is 17.7 Å². The summed E-state index contributed by atoms with van der Waals surface area (Å²) in [6, 6.07) is 0. The van der Waals surface area contributed by atoms with E-state index < -0.39 is 10.8 Å². The Hall–Kier alpha value is -1.65. The van der Waals surface area contributed by atoms with E-state index in [2.05, 4.69) is 54.5 Å². The molecule has 0 aromatic rings. The molecule has 0 aromatic heterocycles. The van der Waals surface area contributed by atoms with E-state index in [1.165, 1.54) is 12.5 Å². The number of hydrogen-bond acceptors (Lipinski definition) is 5. The van der Waals surface area contributed by atoms with Gasteiger partial charge < -0.3 is 9.47 Å². The SMILES string of the molecule is COC(=O)[C@]12CCC(C)(C)C[C@H]1C1=CC[C@@H]3[C@@]4(C)CC[C@H](OC(C)=O)C(C)(C)[C@@H]4C(=O)C[C@@]3(C)[C@]1(C)CC2. The summed E-state index contributed by atoms with van der Waals surface area (Å²) in [4.78, 5) is 39.6. The Labute approximate surface area is 229 Å². The Morgan fingerprint density at radius 1 is 0.947 bits per heavy atom. The van der Waals surface area contributed by atoms with Gasteiger partial charge in [-0.1, -0.05) is 60.1 Å². The maximum absolute atomic E-state index is 14.3. The molecule has 0 N–H and O–H groups in total. The van der Waals surface area contributed by atoms with Gasteiger partial charge in [-0.15, -0.1) is 0 Å². The number of ether oxygens (including phenoxy) is 2. The van der Waals surface area contributed by atoms with Gasteiger partial charge in [0, 0.05) is 24.7 Å². The number of carbonyl (C=O) groups is 3. The van der Waals surface area contributed by atoms with Crippen molar-refractivity contribution in [2.24, 2.45) is 50.2 Å². The highest BCUT2D eigenvalue weighted by Gasteiger charge is 2.71. The molecular formula is C33H50O5. The van der Waals surface area contributed by atoms with E-state index in [0.717, 1.165) is 51.4 Å². The lowest BCUT2D eigenvalue weighted by Crippen LogP contribution is -2.67. The fourth-order valence-corrected chi connectivity index (χ4v) is 11.1. The van der Waals surface area contributed by atoms with Crippen LogP contribution >= 0.6 is 0 Å². The van der Waals surface area contributed by atoms with Gasteiger partial charge in [-0.05, 0) is 84.9 Å². The first-order chi connectivity index (χ1) is 17.5. The number of ketones is 1. The van der Waals surface area contributed by atoms with Crippen LogP contribution in [0.1, 0.15) is 113 Å². The summed E-state index contributed by atoms with van der Waals surface area (Å²) in [5, 5.41) is 0. The number of carbonyl (C=O) groups excluding carboxylic acids is 3. The van der Waals surface area contributed by atoms with Crippen molar-refractivity contribution in [2.75, 3.05) is 7.11 Å². The van der Waals surface area contributed by atoms with Crippen molar-refractivity contribution in [1.29, 1.82) is 0 Å². The summed E-state index contributed by atoms with van der Waals surface area (Å²) in [5.41, 5.74) is 0.314. The summed E-state index contributed by atoms with van der Waals surface area (Å²) < 4.78 is 11.3. The summed E-state index contributed by atoms with van der Waals surface area (Å²) in [7, 11) is 1.54. The van der Waals surface area contributed by atoms with Gasteiger partial charge >= 0.3 is 11.9 Å². The van der Waals surface area contributed by atoms with Gasteiger partial charge in [-0.3, -0.25) is 14.4 Å². The zero-order valence-electron chi connectivity index (χ0n) is 25.3. The van der Waals surface area contributed by atoms with Crippen LogP contribution in [0, 0.1) is 50.2 Å². The predicted molar refractivity (Wildman–Crippen MR) is 147 cm³/mol. The molecule has 0 unspecified atom stereocenters. The van der Waals surface area contributed by atoms with Crippen molar-refractivity contribution in [3.8, 4) is 0 Å². The molecule has 8 atom stereocenters. The van der Waals surface area contributed by atoms with E-state index >= 15 is 0 Å². The molecule has 0 saturated heterocycles. The lowest BCUT2D eigenvalue weighted by molar-refractivity contribution is -0.210. The van der Waals surface area contributed by atoms with E-state index in [9.17, 15) is 14.4 Å². The van der Waals surface area contributed by atoms with Crippen molar-refractivity contribution in [3.05, 3.63) is 11.6 Å². The number of hydrogen-bond donors (Lipinski definition) is 0. The molecule has 0 spiro atoms. The first-order valence-corrected chi connectivity index (χ1v) is 15.0. The van der Waals surface area contributed by atoms with Crippen LogP contribution in [0.5, 0.6) is 0 Å². The Morgan fingerprint density at radius 2 is 1.61 bits per heavy atom. The van der Waals surface area contributed by atoms with Gasteiger partial charge in [-0.25, -0.2) is 0 Å². The molecule has 5 aliphatic rings. The molecule has 5 aliphatic carbocycles. The third-order valence-corrected chi connectivity index (χ3v) is 13.1. The Balaban J connectivity index is 1.59. The van der Waals surface area contributed by atoms with Crippen LogP contribution in [-0.4, -0.2) is 30.9 Å². The molecule has 4 fully saturated rings. The Morgan fingerprint density at radius 3 is 2.24 bits per heavy atom. The Bertz CT molecular complexity index is 1080. The molecule has 0 aliphatic heterocycles. The smallest absolute Gasteiger partial charge is 0.312 e. The van der Waals surface area contributed by atoms with Crippen LogP contribution < -0.4 is 0 Å². The first kappa shape index (κ1) is 27.9. The fourth-order valence-electron chi connectivity index (χ4n) is 11.1. The molecule has 5 nitrogen and oxygen atoms in total. The molecular weight excluding hydrogens is 476 g/mol. The average molecular weight is 527 g/mol. The highest BCUT2D eigenvalue weighted by atomic mass is 16.5. The largest absolute Gasteiger partial charge is 0.469 e. The molecule has 4 saturated carbocycles. The van der Waals surface area contributed by atoms with Crippen LogP contribution in [0.2, 0.25) is 0 Å². The van der Waals surface area contributed by atoms with Gasteiger partial charge in [0.05, 0.1) is 12.5 Å². The third kappa shape index (κ3) is 3.51. The summed E-state index contributed by atoms with van der Waals surface area (Å²) in [6.45, 7) is 17.6. The number of fused-ring (bicyclic) bond motifs is 7. The van der Waals surface area contributed by atoms with E-state index in [1.807, 2.05) is 0 Å². The highest BCUT2D eigenvalue weighted by molar-refractivity contribution is 5.85. The maximum atomic E-state index is 14.3. The second-order valence-corrected chi connectivity index (χ2v) is 15.8. The minimum Gasteiger partial charge on any atom is -0.469 e. The van der Waals surface area contributed by atoms with E-state index in [1.54, 1.807) is 7.11 Å². The van der Waals surface area contributed by atoms with Crippen molar-refractivity contribution < 1.29 is 23.9 Å². The fraction of sp³-hybridized carbons (Fsp3) is 0.848. The second kappa shape index (κ2) is 8.43. The number of esters is 2. The third-order valence-electron chi connectivity index (χ3n) is 13.1. The van der Waals surface area contributed by atoms with Crippen LogP contribution in [0.3, 0.4) is 0 Å². The minimum absolute atomic E-state index is 0.0366. The molecule has 0 amide bonds. The summed E-state index contributed by atoms with van der Waals surface area (Å²) in [6.07, 6.45) is 10.2. The van der Waals surface area contributed by atoms with Crippen LogP contribution in [0.25, 0.3) is 0 Å². The lowest BCUT2D eigenvalue weighted by atomic mass is 9.33. The van der Waals surface area contributed by atoms with Crippen molar-refractivity contribution in [1.82, 2.24) is 0 Å². The monoisotopic (exact) mass is 526 g/mol. The van der Waals surface area contributed by atoms with Gasteiger partial charge in [-0.2, -0.15) is 0 Å². The molecule has 5 heteroatoms. The van der Waals surface area contributed by atoms with Crippen LogP contribution in [0.15, 0.2) is 11.6 Å². The molecule has 38 heavy (non-hydrogen) atoms. The van der Waals surface area contributed by atoms with E-state index in [0.29, 0.717) is 18.1 Å². The number of Topliss-reactive ketones (excluding diaryl/α,β-unsaturated/α-hetero) is 1. The maximum Gasteiger partial charge on any atom is 0.312 e. The first-order valence-electron chi connectivity index (χ1n) is 15.0. The lowest BCUT2D eigenvalue weighted by Gasteiger charge is -2.70. The quantitative estimate of drug-likeness (QED) is 0.284. The zero-order chi connectivity index (χ0) is 28.1. The van der Waals surface area contributed by atoms with Crippen LogP contribution in [-0.2, 0) is 23.9 Å². The topological polar surface area (TPSA) is 69.7 Å². The molecule has 0 aromatic carbocycles. The number of rotatable bonds is 2. The molecule has 212 valence electrons. The Kier molecular flexibility index (Phi) is 6.19. The molecule has 5 rings (SSSR count). The molecule has 0 heterocycles. The minimum atomic E-state index is -0.437. The van der Waals surface area contributed by atoms with Gasteiger partial charge in [0.1, 0.15) is 11.9 Å².